The number of likely N-dealkylation sites (tertiary alicyclic amines) is 2. The second-order valence-electron chi connectivity index (χ2n) is 7.65. The maximum atomic E-state index is 2.66. The zero-order valence-corrected chi connectivity index (χ0v) is 13.2. The van der Waals surface area contributed by atoms with Gasteiger partial charge in [0.05, 0.1) is 26.2 Å². The molecule has 2 aliphatic rings. The minimum absolute atomic E-state index is 0.706. The molecule has 2 nitrogen and oxygen atoms in total. The molecule has 2 rings (SSSR count). The van der Waals surface area contributed by atoms with Crippen LogP contribution in [-0.4, -0.2) is 54.7 Å². The Labute approximate surface area is 114 Å². The molecule has 0 aliphatic carbocycles. The first-order valence-corrected chi connectivity index (χ1v) is 7.95. The number of hydrogen-bond acceptors (Lipinski definition) is 1. The number of hydrogen-bond donors (Lipinski definition) is 0. The summed E-state index contributed by atoms with van der Waals surface area (Å²) in [5.41, 5.74) is 0.706. The van der Waals surface area contributed by atoms with Gasteiger partial charge in [-0.05, 0) is 59.0 Å². The van der Waals surface area contributed by atoms with Gasteiger partial charge in [0.2, 0.25) is 0 Å². The van der Waals surface area contributed by atoms with Gasteiger partial charge in [-0.15, -0.1) is 0 Å². The van der Waals surface area contributed by atoms with Gasteiger partial charge < -0.3 is 9.38 Å². The molecule has 0 N–H and O–H groups in total. The molecule has 2 aliphatic heterocycles. The van der Waals surface area contributed by atoms with Gasteiger partial charge in [0.25, 0.3) is 0 Å². The summed E-state index contributed by atoms with van der Waals surface area (Å²) >= 11 is 0. The van der Waals surface area contributed by atoms with E-state index in [1.165, 1.54) is 56.3 Å². The summed E-state index contributed by atoms with van der Waals surface area (Å²) in [5, 5.41) is 0. The van der Waals surface area contributed by atoms with Crippen LogP contribution in [0, 0.1) is 5.41 Å². The molecule has 18 heavy (non-hydrogen) atoms. The fraction of sp³-hybridized carbons (Fsp3) is 1.00. The Morgan fingerprint density at radius 1 is 0.889 bits per heavy atom. The van der Waals surface area contributed by atoms with Crippen LogP contribution in [0.2, 0.25) is 0 Å². The fourth-order valence-corrected chi connectivity index (χ4v) is 3.75. The Morgan fingerprint density at radius 2 is 1.39 bits per heavy atom. The van der Waals surface area contributed by atoms with Crippen molar-refractivity contribution in [3.8, 4) is 0 Å². The lowest BCUT2D eigenvalue weighted by atomic mass is 9.70. The number of rotatable bonds is 2. The van der Waals surface area contributed by atoms with E-state index in [0.29, 0.717) is 5.41 Å². The normalized spacial score (nSPS) is 28.2. The highest BCUT2D eigenvalue weighted by atomic mass is 15.4. The lowest BCUT2D eigenvalue weighted by Gasteiger charge is -2.51. The Balaban J connectivity index is 1.90. The smallest absolute Gasteiger partial charge is 0.0831 e. The van der Waals surface area contributed by atoms with Crippen molar-refractivity contribution in [2.24, 2.45) is 5.41 Å². The molecule has 0 amide bonds. The van der Waals surface area contributed by atoms with Crippen molar-refractivity contribution in [2.75, 3.05) is 33.2 Å². The molecule has 0 aromatic heterocycles. The molecule has 2 saturated heterocycles. The third kappa shape index (κ3) is 2.75. The maximum absolute atomic E-state index is 2.66. The summed E-state index contributed by atoms with van der Waals surface area (Å²) in [4.78, 5) is 2.66. The van der Waals surface area contributed by atoms with Gasteiger partial charge in [0.1, 0.15) is 0 Å². The molecule has 106 valence electrons. The molecule has 0 saturated carbocycles. The molecule has 0 aromatic carbocycles. The van der Waals surface area contributed by atoms with Crippen LogP contribution in [0.1, 0.15) is 53.4 Å². The second-order valence-corrected chi connectivity index (χ2v) is 7.65. The van der Waals surface area contributed by atoms with Crippen LogP contribution in [0.4, 0.5) is 0 Å². The minimum atomic E-state index is 0.706. The minimum Gasteiger partial charge on any atom is -0.324 e. The zero-order valence-electron chi connectivity index (χ0n) is 13.2. The van der Waals surface area contributed by atoms with Gasteiger partial charge in [-0.2, -0.15) is 0 Å². The molecule has 0 bridgehead atoms. The third-order valence-corrected chi connectivity index (χ3v) is 6.14. The van der Waals surface area contributed by atoms with Crippen molar-refractivity contribution in [3.05, 3.63) is 0 Å². The highest BCUT2D eigenvalue weighted by Gasteiger charge is 2.43. The number of quaternary nitrogens is 1. The molecule has 0 aromatic rings. The average molecular weight is 253 g/mol. The van der Waals surface area contributed by atoms with Gasteiger partial charge in [-0.25, -0.2) is 0 Å². The van der Waals surface area contributed by atoms with Crippen LogP contribution in [0.25, 0.3) is 0 Å². The first kappa shape index (κ1) is 14.3. The van der Waals surface area contributed by atoms with Crippen LogP contribution in [0.5, 0.6) is 0 Å². The summed E-state index contributed by atoms with van der Waals surface area (Å²) < 4.78 is 1.30. The Kier molecular flexibility index (Phi) is 4.08. The average Bonchev–Trinajstić information content (AvgIpc) is 2.34. The van der Waals surface area contributed by atoms with E-state index in [1.54, 1.807) is 0 Å². The van der Waals surface area contributed by atoms with Crippen molar-refractivity contribution in [1.82, 2.24) is 4.90 Å². The second kappa shape index (κ2) is 5.13. The molecular formula is C16H33N2+. The fourth-order valence-electron chi connectivity index (χ4n) is 3.75. The summed E-state index contributed by atoms with van der Waals surface area (Å²) in [6.07, 6.45) is 5.83. The lowest BCUT2D eigenvalue weighted by molar-refractivity contribution is -0.936. The molecule has 0 unspecified atom stereocenters. The van der Waals surface area contributed by atoms with Gasteiger partial charge in [0.15, 0.2) is 0 Å². The summed E-state index contributed by atoms with van der Waals surface area (Å²) in [5.74, 6) is 0. The van der Waals surface area contributed by atoms with E-state index in [9.17, 15) is 0 Å². The molecule has 2 heterocycles. The van der Waals surface area contributed by atoms with Gasteiger partial charge in [-0.3, -0.25) is 0 Å². The summed E-state index contributed by atoms with van der Waals surface area (Å²) in [7, 11) is 2.46. The van der Waals surface area contributed by atoms with Crippen LogP contribution in [0.15, 0.2) is 0 Å². The van der Waals surface area contributed by atoms with Crippen LogP contribution in [0.3, 0.4) is 0 Å². The maximum Gasteiger partial charge on any atom is 0.0831 e. The van der Waals surface area contributed by atoms with Crippen molar-refractivity contribution in [2.45, 2.75) is 65.5 Å². The summed E-state index contributed by atoms with van der Waals surface area (Å²) in [6.45, 7) is 14.9. The van der Waals surface area contributed by atoms with Gasteiger partial charge in [0, 0.05) is 18.9 Å². The number of piperidine rings is 2. The van der Waals surface area contributed by atoms with Gasteiger partial charge in [-0.1, -0.05) is 0 Å². The van der Waals surface area contributed by atoms with E-state index in [2.05, 4.69) is 39.6 Å². The third-order valence-electron chi connectivity index (χ3n) is 6.14. The van der Waals surface area contributed by atoms with Crippen molar-refractivity contribution >= 4 is 0 Å². The molecular weight excluding hydrogens is 220 g/mol. The van der Waals surface area contributed by atoms with E-state index >= 15 is 0 Å². The molecule has 2 fully saturated rings. The van der Waals surface area contributed by atoms with Crippen molar-refractivity contribution in [1.29, 1.82) is 0 Å². The number of nitrogens with zero attached hydrogens (tertiary/aromatic N) is 2. The lowest BCUT2D eigenvalue weighted by Crippen LogP contribution is -2.58. The molecule has 1 spiro atoms. The van der Waals surface area contributed by atoms with E-state index < -0.39 is 0 Å². The monoisotopic (exact) mass is 253 g/mol. The van der Waals surface area contributed by atoms with E-state index in [-0.39, 0.29) is 0 Å². The predicted octanol–water partition coefficient (Wildman–Crippen LogP) is 3.13. The Morgan fingerprint density at radius 3 is 1.78 bits per heavy atom. The molecule has 0 atom stereocenters. The van der Waals surface area contributed by atoms with Gasteiger partial charge >= 0.3 is 0 Å². The first-order chi connectivity index (χ1) is 8.37. The van der Waals surface area contributed by atoms with E-state index in [4.69, 9.17) is 0 Å². The van der Waals surface area contributed by atoms with Crippen molar-refractivity contribution < 1.29 is 4.48 Å². The molecule has 0 radical (unpaired) electrons. The highest BCUT2D eigenvalue weighted by Crippen LogP contribution is 2.43. The Bertz CT molecular complexity index is 265. The highest BCUT2D eigenvalue weighted by molar-refractivity contribution is 4.88. The van der Waals surface area contributed by atoms with Crippen molar-refractivity contribution in [3.63, 3.8) is 0 Å². The topological polar surface area (TPSA) is 3.24 Å². The van der Waals surface area contributed by atoms with E-state index in [0.717, 1.165) is 12.1 Å². The standard InChI is InChI=1S/C16H33N2/c1-14(2)17-10-6-16(7-11-17)8-12-18(5,13-9-16)15(3)4/h14-15H,6-13H2,1-5H3/q+1. The van der Waals surface area contributed by atoms with Crippen LogP contribution < -0.4 is 0 Å². The zero-order chi connectivity index (χ0) is 13.4. The van der Waals surface area contributed by atoms with E-state index in [1.807, 2.05) is 0 Å². The predicted molar refractivity (Wildman–Crippen MR) is 78.7 cm³/mol. The Hall–Kier alpha value is -0.0800. The quantitative estimate of drug-likeness (QED) is 0.684. The van der Waals surface area contributed by atoms with Crippen LogP contribution >= 0.6 is 0 Å². The SMILES string of the molecule is CC(C)N1CCC2(CC1)CC[N+](C)(C(C)C)CC2. The first-order valence-electron chi connectivity index (χ1n) is 7.95. The van der Waals surface area contributed by atoms with Crippen LogP contribution in [-0.2, 0) is 0 Å². The largest absolute Gasteiger partial charge is 0.324 e. The summed E-state index contributed by atoms with van der Waals surface area (Å²) in [6, 6.07) is 1.53. The molecule has 2 heteroatoms.